The first-order chi connectivity index (χ1) is 6.72. The van der Waals surface area contributed by atoms with E-state index in [0.29, 0.717) is 11.6 Å². The topological polar surface area (TPSA) is 38.9 Å². The molecule has 0 aliphatic heterocycles. The molecule has 1 heterocycles. The third-order valence-electron chi connectivity index (χ3n) is 2.39. The maximum Gasteiger partial charge on any atom is 0.0640 e. The summed E-state index contributed by atoms with van der Waals surface area (Å²) < 4.78 is 0. The summed E-state index contributed by atoms with van der Waals surface area (Å²) >= 11 is 1.82. The molecule has 1 radical (unpaired) electrons. The fraction of sp³-hybridized carbons (Fsp3) is 0.455. The Bertz CT molecular complexity index is 345. The molecule has 1 aliphatic rings. The summed E-state index contributed by atoms with van der Waals surface area (Å²) in [6.07, 6.45) is 2.54. The van der Waals surface area contributed by atoms with E-state index in [9.17, 15) is 0 Å². The van der Waals surface area contributed by atoms with Crippen molar-refractivity contribution in [3.63, 3.8) is 0 Å². The van der Waals surface area contributed by atoms with Crippen molar-refractivity contribution < 1.29 is 0 Å². The molecule has 14 heavy (non-hydrogen) atoms. The van der Waals surface area contributed by atoms with Gasteiger partial charge in [-0.05, 0) is 31.6 Å². The molecule has 2 nitrogen and oxygen atoms in total. The zero-order valence-electron chi connectivity index (χ0n) is 8.42. The quantitative estimate of drug-likeness (QED) is 0.775. The summed E-state index contributed by atoms with van der Waals surface area (Å²) in [5, 5.41) is 0. The Kier molecular flexibility index (Phi) is 2.68. The normalized spacial score (nSPS) is 15.9. The summed E-state index contributed by atoms with van der Waals surface area (Å²) in [4.78, 5) is 5.75. The molecule has 0 bridgehead atoms. The molecule has 3 heteroatoms. The first-order valence-electron chi connectivity index (χ1n) is 4.97. The van der Waals surface area contributed by atoms with Crippen LogP contribution in [0.25, 0.3) is 0 Å². The predicted octanol–water partition coefficient (Wildman–Crippen LogP) is 2.84. The lowest BCUT2D eigenvalue weighted by atomic mass is 10.2. The SMILES string of the molecule is [CH2]c1nc(C2CC2)c(SCC)cc1N. The number of rotatable bonds is 3. The van der Waals surface area contributed by atoms with Gasteiger partial charge in [-0.15, -0.1) is 11.8 Å². The fourth-order valence-electron chi connectivity index (χ4n) is 1.48. The van der Waals surface area contributed by atoms with Crippen molar-refractivity contribution in [3.8, 4) is 0 Å². The number of thioether (sulfide) groups is 1. The minimum Gasteiger partial charge on any atom is -0.397 e. The van der Waals surface area contributed by atoms with Crippen LogP contribution in [0.4, 0.5) is 5.69 Å². The van der Waals surface area contributed by atoms with Crippen molar-refractivity contribution >= 4 is 17.4 Å². The van der Waals surface area contributed by atoms with Crippen LogP contribution in [0.2, 0.25) is 0 Å². The third kappa shape index (κ3) is 1.87. The van der Waals surface area contributed by atoms with Gasteiger partial charge in [0.1, 0.15) is 0 Å². The van der Waals surface area contributed by atoms with E-state index in [1.165, 1.54) is 23.4 Å². The van der Waals surface area contributed by atoms with Crippen LogP contribution in [-0.4, -0.2) is 10.7 Å². The summed E-state index contributed by atoms with van der Waals surface area (Å²) in [5.41, 5.74) is 8.46. The molecule has 0 unspecified atom stereocenters. The van der Waals surface area contributed by atoms with Gasteiger partial charge in [-0.25, -0.2) is 0 Å². The third-order valence-corrected chi connectivity index (χ3v) is 3.32. The zero-order chi connectivity index (χ0) is 10.1. The lowest BCUT2D eigenvalue weighted by Gasteiger charge is -2.09. The summed E-state index contributed by atoms with van der Waals surface area (Å²) in [6.45, 7) is 6.00. The minimum absolute atomic E-state index is 0.671. The number of aromatic nitrogens is 1. The van der Waals surface area contributed by atoms with E-state index in [-0.39, 0.29) is 0 Å². The van der Waals surface area contributed by atoms with Gasteiger partial charge in [0.05, 0.1) is 17.1 Å². The van der Waals surface area contributed by atoms with Gasteiger partial charge in [0.25, 0.3) is 0 Å². The van der Waals surface area contributed by atoms with E-state index in [4.69, 9.17) is 5.73 Å². The number of nitrogens with two attached hydrogens (primary N) is 1. The van der Waals surface area contributed by atoms with Crippen molar-refractivity contribution in [2.75, 3.05) is 11.5 Å². The Morgan fingerprint density at radius 1 is 1.64 bits per heavy atom. The van der Waals surface area contributed by atoms with E-state index < -0.39 is 0 Å². The zero-order valence-corrected chi connectivity index (χ0v) is 9.23. The molecule has 0 atom stereocenters. The van der Waals surface area contributed by atoms with Gasteiger partial charge < -0.3 is 5.73 Å². The van der Waals surface area contributed by atoms with Crippen molar-refractivity contribution in [2.24, 2.45) is 0 Å². The van der Waals surface area contributed by atoms with E-state index in [0.717, 1.165) is 11.4 Å². The van der Waals surface area contributed by atoms with Gasteiger partial charge in [-0.2, -0.15) is 0 Å². The van der Waals surface area contributed by atoms with Crippen LogP contribution in [-0.2, 0) is 0 Å². The standard InChI is InChI=1S/C11H15N2S/c1-3-14-10-6-9(12)7(2)13-11(10)8-4-5-8/h6,8H,2-5,12H2,1H3. The molecule has 75 valence electrons. The van der Waals surface area contributed by atoms with Crippen LogP contribution in [0.3, 0.4) is 0 Å². The molecule has 1 aromatic heterocycles. The number of pyridine rings is 1. The van der Waals surface area contributed by atoms with Gasteiger partial charge in [0, 0.05) is 10.8 Å². The van der Waals surface area contributed by atoms with Crippen LogP contribution < -0.4 is 5.73 Å². The number of nitrogens with zero attached hydrogens (tertiary/aromatic N) is 1. The Morgan fingerprint density at radius 2 is 2.36 bits per heavy atom. The molecular weight excluding hydrogens is 192 g/mol. The van der Waals surface area contributed by atoms with Gasteiger partial charge in [0.15, 0.2) is 0 Å². The molecule has 1 aromatic rings. The Balaban J connectivity index is 2.38. The predicted molar refractivity (Wildman–Crippen MR) is 61.5 cm³/mol. The lowest BCUT2D eigenvalue weighted by Crippen LogP contribution is -1.99. The highest BCUT2D eigenvalue weighted by Gasteiger charge is 2.28. The first kappa shape index (κ1) is 9.84. The summed E-state index contributed by atoms with van der Waals surface area (Å²) in [5.74, 6) is 1.74. The number of hydrogen-bond donors (Lipinski definition) is 1. The summed E-state index contributed by atoms with van der Waals surface area (Å²) in [7, 11) is 0. The fourth-order valence-corrected chi connectivity index (χ4v) is 2.37. The van der Waals surface area contributed by atoms with E-state index in [1.807, 2.05) is 17.8 Å². The molecular formula is C11H15N2S. The van der Waals surface area contributed by atoms with Crippen LogP contribution in [0.1, 0.15) is 37.1 Å². The van der Waals surface area contributed by atoms with Crippen LogP contribution >= 0.6 is 11.8 Å². The minimum atomic E-state index is 0.671. The molecule has 0 amide bonds. The Labute approximate surface area is 89.3 Å². The van der Waals surface area contributed by atoms with E-state index in [2.05, 4.69) is 18.8 Å². The monoisotopic (exact) mass is 207 g/mol. The van der Waals surface area contributed by atoms with Crippen LogP contribution in [0.5, 0.6) is 0 Å². The number of anilines is 1. The number of hydrogen-bond acceptors (Lipinski definition) is 3. The van der Waals surface area contributed by atoms with Crippen molar-refractivity contribution in [3.05, 3.63) is 24.4 Å². The van der Waals surface area contributed by atoms with Gasteiger partial charge in [0.2, 0.25) is 0 Å². The van der Waals surface area contributed by atoms with Crippen molar-refractivity contribution in [1.29, 1.82) is 0 Å². The molecule has 0 spiro atoms. The summed E-state index contributed by atoms with van der Waals surface area (Å²) in [6, 6.07) is 2.02. The average Bonchev–Trinajstić information content (AvgIpc) is 2.94. The molecule has 1 aliphatic carbocycles. The van der Waals surface area contributed by atoms with E-state index in [1.54, 1.807) is 0 Å². The highest BCUT2D eigenvalue weighted by molar-refractivity contribution is 7.99. The maximum atomic E-state index is 5.80. The highest BCUT2D eigenvalue weighted by atomic mass is 32.2. The van der Waals surface area contributed by atoms with Gasteiger partial charge in [-0.1, -0.05) is 6.92 Å². The molecule has 2 N–H and O–H groups in total. The Hall–Kier alpha value is -0.700. The molecule has 2 rings (SSSR count). The largest absolute Gasteiger partial charge is 0.397 e. The van der Waals surface area contributed by atoms with E-state index >= 15 is 0 Å². The second-order valence-corrected chi connectivity index (χ2v) is 4.92. The van der Waals surface area contributed by atoms with Crippen molar-refractivity contribution in [2.45, 2.75) is 30.6 Å². The Morgan fingerprint density at radius 3 is 2.93 bits per heavy atom. The first-order valence-corrected chi connectivity index (χ1v) is 5.96. The second kappa shape index (κ2) is 3.81. The maximum absolute atomic E-state index is 5.80. The molecule has 1 saturated carbocycles. The van der Waals surface area contributed by atoms with Crippen molar-refractivity contribution in [1.82, 2.24) is 4.98 Å². The van der Waals surface area contributed by atoms with Gasteiger partial charge in [-0.3, -0.25) is 4.98 Å². The van der Waals surface area contributed by atoms with Crippen LogP contribution in [0, 0.1) is 6.92 Å². The lowest BCUT2D eigenvalue weighted by molar-refractivity contribution is 0.958. The number of nitrogen functional groups attached to an aromatic ring is 1. The molecule has 0 saturated heterocycles. The highest BCUT2D eigenvalue weighted by Crippen LogP contribution is 2.43. The molecule has 0 aromatic carbocycles. The average molecular weight is 207 g/mol. The second-order valence-electron chi connectivity index (χ2n) is 3.61. The van der Waals surface area contributed by atoms with Crippen LogP contribution in [0.15, 0.2) is 11.0 Å². The van der Waals surface area contributed by atoms with Gasteiger partial charge >= 0.3 is 0 Å². The molecule has 1 fully saturated rings. The smallest absolute Gasteiger partial charge is 0.0640 e.